The van der Waals surface area contributed by atoms with E-state index in [0.717, 1.165) is 11.6 Å². The van der Waals surface area contributed by atoms with Gasteiger partial charge in [0.05, 0.1) is 11.1 Å². The number of amides is 1. The lowest BCUT2D eigenvalue weighted by molar-refractivity contribution is -0.124. The molecule has 0 saturated heterocycles. The molecule has 2 aromatic rings. The fourth-order valence-corrected chi connectivity index (χ4v) is 2.69. The molecule has 1 unspecified atom stereocenters. The highest BCUT2D eigenvalue weighted by Crippen LogP contribution is 2.34. The van der Waals surface area contributed by atoms with Crippen molar-refractivity contribution in [3.8, 4) is 11.5 Å². The van der Waals surface area contributed by atoms with Gasteiger partial charge < -0.3 is 19.5 Å². The molecule has 3 rings (SSSR count). The Morgan fingerprint density at radius 1 is 1.27 bits per heavy atom. The third-order valence-electron chi connectivity index (χ3n) is 3.78. The van der Waals surface area contributed by atoms with Gasteiger partial charge in [0.25, 0.3) is 5.91 Å². The third-order valence-corrected chi connectivity index (χ3v) is 4.09. The Kier molecular flexibility index (Phi) is 5.27. The molecule has 1 N–H and O–H groups in total. The van der Waals surface area contributed by atoms with Crippen LogP contribution in [0.25, 0.3) is 0 Å². The van der Waals surface area contributed by atoms with E-state index in [-0.39, 0.29) is 17.9 Å². The molecule has 0 radical (unpaired) electrons. The van der Waals surface area contributed by atoms with E-state index in [1.165, 1.54) is 12.1 Å². The Bertz CT molecular complexity index is 837. The molecule has 0 bridgehead atoms. The van der Waals surface area contributed by atoms with Gasteiger partial charge in [-0.1, -0.05) is 23.7 Å². The summed E-state index contributed by atoms with van der Waals surface area (Å²) in [6.45, 7) is 1.37. The second-order valence-corrected chi connectivity index (χ2v) is 5.98. The van der Waals surface area contributed by atoms with Crippen LogP contribution in [0.4, 0.5) is 4.39 Å². The van der Waals surface area contributed by atoms with Gasteiger partial charge in [0.15, 0.2) is 18.1 Å². The number of rotatable bonds is 5. The quantitative estimate of drug-likeness (QED) is 0.807. The molecule has 0 spiro atoms. The maximum absolute atomic E-state index is 13.7. The van der Waals surface area contributed by atoms with E-state index in [0.29, 0.717) is 11.5 Å². The molecule has 1 aliphatic rings. The molecule has 0 aromatic heterocycles. The van der Waals surface area contributed by atoms with Gasteiger partial charge in [-0.3, -0.25) is 4.79 Å². The summed E-state index contributed by atoms with van der Waals surface area (Å²) < 4.78 is 29.0. The number of fused-ring (bicyclic) bond motifs is 1. The van der Waals surface area contributed by atoms with Crippen molar-refractivity contribution in [3.63, 3.8) is 0 Å². The van der Waals surface area contributed by atoms with Crippen LogP contribution in [0.5, 0.6) is 11.5 Å². The highest BCUT2D eigenvalue weighted by atomic mass is 35.5. The number of carbonyl (C=O) groups excluding carboxylic acids is 2. The summed E-state index contributed by atoms with van der Waals surface area (Å²) in [6.07, 6.45) is 0. The van der Waals surface area contributed by atoms with Crippen LogP contribution < -0.4 is 14.8 Å². The molecular weight excluding hydrogens is 365 g/mol. The van der Waals surface area contributed by atoms with Gasteiger partial charge in [-0.15, -0.1) is 0 Å². The highest BCUT2D eigenvalue weighted by molar-refractivity contribution is 6.33. The topological polar surface area (TPSA) is 73.9 Å². The minimum absolute atomic E-state index is 0.0795. The first-order valence-electron chi connectivity index (χ1n) is 7.75. The summed E-state index contributed by atoms with van der Waals surface area (Å²) in [5.41, 5.74) is 0.400. The lowest BCUT2D eigenvalue weighted by atomic mass is 10.1. The number of carbonyl (C=O) groups is 2. The summed E-state index contributed by atoms with van der Waals surface area (Å²) in [5, 5.41) is 2.60. The zero-order valence-electron chi connectivity index (χ0n) is 13.8. The smallest absolute Gasteiger partial charge is 0.343 e. The van der Waals surface area contributed by atoms with Crippen molar-refractivity contribution < 1.29 is 28.2 Å². The fraction of sp³-hybridized carbons (Fsp3) is 0.222. The van der Waals surface area contributed by atoms with E-state index in [4.69, 9.17) is 25.8 Å². The molecule has 0 saturated carbocycles. The molecular formula is C18H15ClFNO5. The van der Waals surface area contributed by atoms with E-state index in [2.05, 4.69) is 5.32 Å². The van der Waals surface area contributed by atoms with Gasteiger partial charge in [-0.25, -0.2) is 9.18 Å². The molecule has 26 heavy (non-hydrogen) atoms. The normalized spacial score (nSPS) is 13.2. The maximum atomic E-state index is 13.7. The monoisotopic (exact) mass is 379 g/mol. The van der Waals surface area contributed by atoms with E-state index < -0.39 is 29.9 Å². The van der Waals surface area contributed by atoms with Gasteiger partial charge in [0.2, 0.25) is 6.79 Å². The first-order chi connectivity index (χ1) is 12.5. The predicted octanol–water partition coefficient (Wildman–Crippen LogP) is 3.24. The number of hydrogen-bond acceptors (Lipinski definition) is 5. The Hall–Kier alpha value is -2.80. The number of hydrogen-bond donors (Lipinski definition) is 1. The number of nitrogens with one attached hydrogen (secondary N) is 1. The van der Waals surface area contributed by atoms with Crippen molar-refractivity contribution >= 4 is 23.5 Å². The van der Waals surface area contributed by atoms with Crippen LogP contribution in [0.15, 0.2) is 36.4 Å². The maximum Gasteiger partial charge on any atom is 0.343 e. The van der Waals surface area contributed by atoms with Gasteiger partial charge in [-0.2, -0.15) is 0 Å². The van der Waals surface area contributed by atoms with Gasteiger partial charge >= 0.3 is 5.97 Å². The SMILES string of the molecule is CC(NC(=O)COC(=O)c1c(F)cccc1Cl)c1ccc2c(c1)OCO2. The van der Waals surface area contributed by atoms with Crippen LogP contribution in [-0.4, -0.2) is 25.3 Å². The summed E-state index contributed by atoms with van der Waals surface area (Å²) in [6, 6.07) is 8.78. The van der Waals surface area contributed by atoms with Crippen molar-refractivity contribution in [2.45, 2.75) is 13.0 Å². The highest BCUT2D eigenvalue weighted by Gasteiger charge is 2.20. The van der Waals surface area contributed by atoms with Crippen molar-refractivity contribution in [1.29, 1.82) is 0 Å². The molecule has 1 heterocycles. The molecule has 1 amide bonds. The fourth-order valence-electron chi connectivity index (χ4n) is 2.45. The van der Waals surface area contributed by atoms with Crippen LogP contribution in [0.1, 0.15) is 28.9 Å². The number of esters is 1. The van der Waals surface area contributed by atoms with Crippen molar-refractivity contribution in [3.05, 3.63) is 58.4 Å². The number of halogens is 2. The summed E-state index contributed by atoms with van der Waals surface area (Å²) in [7, 11) is 0. The van der Waals surface area contributed by atoms with Crippen molar-refractivity contribution in [1.82, 2.24) is 5.32 Å². The van der Waals surface area contributed by atoms with Crippen LogP contribution in [0, 0.1) is 5.82 Å². The van der Waals surface area contributed by atoms with Crippen molar-refractivity contribution in [2.24, 2.45) is 0 Å². The first-order valence-corrected chi connectivity index (χ1v) is 8.13. The van der Waals surface area contributed by atoms with Gasteiger partial charge in [-0.05, 0) is 36.8 Å². The van der Waals surface area contributed by atoms with Crippen LogP contribution in [-0.2, 0) is 9.53 Å². The van der Waals surface area contributed by atoms with Crippen LogP contribution >= 0.6 is 11.6 Å². The molecule has 1 aliphatic heterocycles. The molecule has 1 atom stereocenters. The molecule has 0 fully saturated rings. The standard InChI is InChI=1S/C18H15ClFNO5/c1-10(11-5-6-14-15(7-11)26-9-25-14)21-16(22)8-24-18(23)17-12(19)3-2-4-13(17)20/h2-7,10H,8-9H2,1H3,(H,21,22). The predicted molar refractivity (Wildman–Crippen MR) is 90.8 cm³/mol. The van der Waals surface area contributed by atoms with Crippen molar-refractivity contribution in [2.75, 3.05) is 13.4 Å². The third kappa shape index (κ3) is 3.88. The second kappa shape index (κ2) is 7.61. The Morgan fingerprint density at radius 2 is 2.04 bits per heavy atom. The molecule has 2 aromatic carbocycles. The average Bonchev–Trinajstić information content (AvgIpc) is 3.07. The van der Waals surface area contributed by atoms with E-state index in [1.54, 1.807) is 25.1 Å². The molecule has 0 aliphatic carbocycles. The minimum atomic E-state index is -1.00. The number of benzene rings is 2. The minimum Gasteiger partial charge on any atom is -0.454 e. The Balaban J connectivity index is 1.56. The van der Waals surface area contributed by atoms with E-state index >= 15 is 0 Å². The first kappa shape index (κ1) is 18.0. The lowest BCUT2D eigenvalue weighted by Gasteiger charge is -2.15. The molecule has 8 heteroatoms. The van der Waals surface area contributed by atoms with Crippen LogP contribution in [0.3, 0.4) is 0 Å². The zero-order chi connectivity index (χ0) is 18.7. The summed E-state index contributed by atoms with van der Waals surface area (Å²) in [4.78, 5) is 23.9. The zero-order valence-corrected chi connectivity index (χ0v) is 14.5. The molecule has 6 nitrogen and oxygen atoms in total. The second-order valence-electron chi connectivity index (χ2n) is 5.57. The lowest BCUT2D eigenvalue weighted by Crippen LogP contribution is -2.31. The Morgan fingerprint density at radius 3 is 2.81 bits per heavy atom. The van der Waals surface area contributed by atoms with Gasteiger partial charge in [0, 0.05) is 0 Å². The number of ether oxygens (including phenoxy) is 3. The van der Waals surface area contributed by atoms with E-state index in [9.17, 15) is 14.0 Å². The van der Waals surface area contributed by atoms with Crippen LogP contribution in [0.2, 0.25) is 5.02 Å². The summed E-state index contributed by atoms with van der Waals surface area (Å²) in [5.74, 6) is -1.10. The largest absolute Gasteiger partial charge is 0.454 e. The summed E-state index contributed by atoms with van der Waals surface area (Å²) >= 11 is 5.79. The van der Waals surface area contributed by atoms with Gasteiger partial charge in [0.1, 0.15) is 11.4 Å². The Labute approximate surface area is 153 Å². The van der Waals surface area contributed by atoms with E-state index in [1.807, 2.05) is 0 Å². The molecule has 136 valence electrons. The average molecular weight is 380 g/mol.